The lowest BCUT2D eigenvalue weighted by molar-refractivity contribution is -0.384. The Morgan fingerprint density at radius 1 is 1.33 bits per heavy atom. The number of hydrogen-bond donors (Lipinski definition) is 1. The second kappa shape index (κ2) is 8.70. The minimum atomic E-state index is -0.515. The molecule has 0 unspecified atom stereocenters. The van der Waals surface area contributed by atoms with Crippen LogP contribution in [0.2, 0.25) is 0 Å². The molecule has 2 aromatic carbocycles. The van der Waals surface area contributed by atoms with Gasteiger partial charge in [0, 0.05) is 42.0 Å². The molecule has 0 bridgehead atoms. The van der Waals surface area contributed by atoms with Gasteiger partial charge in [-0.25, -0.2) is 0 Å². The van der Waals surface area contributed by atoms with Gasteiger partial charge < -0.3 is 5.11 Å². The van der Waals surface area contributed by atoms with Crippen molar-refractivity contribution < 1.29 is 10.0 Å². The van der Waals surface area contributed by atoms with Crippen LogP contribution in [0.3, 0.4) is 0 Å². The van der Waals surface area contributed by atoms with Crippen molar-refractivity contribution in [2.75, 3.05) is 12.3 Å². The fourth-order valence-corrected chi connectivity index (χ4v) is 2.83. The fraction of sp³-hybridized carbons (Fsp3) is 0.176. The van der Waals surface area contributed by atoms with E-state index in [1.807, 2.05) is 18.2 Å². The first kappa shape index (κ1) is 17.5. The number of nitro groups is 1. The van der Waals surface area contributed by atoms with Crippen LogP contribution >= 0.6 is 11.8 Å². The van der Waals surface area contributed by atoms with Gasteiger partial charge in [0.2, 0.25) is 0 Å². The number of benzene rings is 2. The highest BCUT2D eigenvalue weighted by molar-refractivity contribution is 7.98. The number of aromatic hydroxyl groups is 1. The predicted octanol–water partition coefficient (Wildman–Crippen LogP) is 3.52. The molecule has 122 valence electrons. The van der Waals surface area contributed by atoms with Crippen LogP contribution in [-0.4, -0.2) is 28.5 Å². The number of nitrogens with zero attached hydrogens (tertiary/aromatic N) is 3. The van der Waals surface area contributed by atoms with E-state index >= 15 is 0 Å². The second-order valence-electron chi connectivity index (χ2n) is 4.86. The Hall–Kier alpha value is -2.85. The molecule has 0 fully saturated rings. The normalized spacial score (nSPS) is 10.6. The molecule has 6 nitrogen and oxygen atoms in total. The largest absolute Gasteiger partial charge is 0.507 e. The van der Waals surface area contributed by atoms with Crippen molar-refractivity contribution in [2.45, 2.75) is 5.75 Å². The zero-order valence-electron chi connectivity index (χ0n) is 12.8. The average molecular weight is 341 g/mol. The number of non-ortho nitro benzene ring substituents is 1. The molecule has 0 radical (unpaired) electrons. The number of aliphatic imine (C=N–C) groups is 1. The SMILES string of the molecule is N#Cc1ccccc1CSCCN=Cc1cc([N+](=O)[O-])ccc1O. The summed E-state index contributed by atoms with van der Waals surface area (Å²) >= 11 is 1.65. The molecule has 7 heteroatoms. The number of phenolic OH excluding ortho intramolecular Hbond substituents is 1. The van der Waals surface area contributed by atoms with Gasteiger partial charge in [0.15, 0.2) is 0 Å². The summed E-state index contributed by atoms with van der Waals surface area (Å²) in [6.45, 7) is 0.515. The number of hydrogen-bond acceptors (Lipinski definition) is 6. The number of rotatable bonds is 7. The topological polar surface area (TPSA) is 99.5 Å². The maximum atomic E-state index is 10.7. The molecule has 0 saturated carbocycles. The van der Waals surface area contributed by atoms with Crippen molar-refractivity contribution in [1.82, 2.24) is 0 Å². The Labute approximate surface area is 143 Å². The lowest BCUT2D eigenvalue weighted by Crippen LogP contribution is -1.93. The van der Waals surface area contributed by atoms with Crippen molar-refractivity contribution in [3.8, 4) is 11.8 Å². The minimum Gasteiger partial charge on any atom is -0.507 e. The summed E-state index contributed by atoms with van der Waals surface area (Å²) in [5, 5.41) is 29.4. The molecule has 2 aromatic rings. The van der Waals surface area contributed by atoms with Crippen molar-refractivity contribution in [3.05, 3.63) is 69.3 Å². The molecule has 0 aliphatic carbocycles. The highest BCUT2D eigenvalue weighted by atomic mass is 32.2. The van der Waals surface area contributed by atoms with Crippen molar-refractivity contribution in [1.29, 1.82) is 5.26 Å². The van der Waals surface area contributed by atoms with Gasteiger partial charge in [-0.2, -0.15) is 17.0 Å². The molecule has 1 N–H and O–H groups in total. The highest BCUT2D eigenvalue weighted by Crippen LogP contribution is 2.21. The van der Waals surface area contributed by atoms with E-state index in [0.717, 1.165) is 17.1 Å². The van der Waals surface area contributed by atoms with Crippen LogP contribution < -0.4 is 0 Å². The third-order valence-electron chi connectivity index (χ3n) is 3.21. The molecule has 0 aromatic heterocycles. The predicted molar refractivity (Wildman–Crippen MR) is 94.5 cm³/mol. The van der Waals surface area contributed by atoms with Crippen LogP contribution in [0.15, 0.2) is 47.5 Å². The van der Waals surface area contributed by atoms with Gasteiger partial charge in [0.1, 0.15) is 5.75 Å². The van der Waals surface area contributed by atoms with Gasteiger partial charge in [-0.15, -0.1) is 0 Å². The molecule has 2 rings (SSSR count). The zero-order chi connectivity index (χ0) is 17.4. The molecule has 24 heavy (non-hydrogen) atoms. The Kier molecular flexibility index (Phi) is 6.34. The first-order valence-corrected chi connectivity index (χ1v) is 8.30. The first-order valence-electron chi connectivity index (χ1n) is 7.15. The van der Waals surface area contributed by atoms with Crippen LogP contribution in [0, 0.1) is 21.4 Å². The number of thioether (sulfide) groups is 1. The standard InChI is InChI=1S/C17H15N3O3S/c18-10-13-3-1-2-4-14(13)12-24-8-7-19-11-15-9-16(20(22)23)5-6-17(15)21/h1-6,9,11,21H,7-8,12H2. The Balaban J connectivity index is 1.84. The molecule has 0 aliphatic rings. The smallest absolute Gasteiger partial charge is 0.270 e. The lowest BCUT2D eigenvalue weighted by atomic mass is 10.1. The van der Waals surface area contributed by atoms with E-state index in [1.54, 1.807) is 17.8 Å². The summed E-state index contributed by atoms with van der Waals surface area (Å²) in [7, 11) is 0. The Bertz CT molecular complexity index is 800. The van der Waals surface area contributed by atoms with E-state index in [4.69, 9.17) is 5.26 Å². The Morgan fingerprint density at radius 2 is 2.12 bits per heavy atom. The maximum absolute atomic E-state index is 10.7. The van der Waals surface area contributed by atoms with Crippen LogP contribution in [0.4, 0.5) is 5.69 Å². The summed E-state index contributed by atoms with van der Waals surface area (Å²) in [4.78, 5) is 14.4. The average Bonchev–Trinajstić information content (AvgIpc) is 2.59. The molecule has 0 heterocycles. The number of nitro benzene ring substituents is 1. The van der Waals surface area contributed by atoms with Crippen LogP contribution in [0.25, 0.3) is 0 Å². The van der Waals surface area contributed by atoms with Crippen molar-refractivity contribution in [2.24, 2.45) is 4.99 Å². The third kappa shape index (κ3) is 4.83. The van der Waals surface area contributed by atoms with E-state index in [1.165, 1.54) is 24.4 Å². The van der Waals surface area contributed by atoms with Gasteiger partial charge in [-0.05, 0) is 17.7 Å². The molecule has 0 saturated heterocycles. The molecule has 0 amide bonds. The van der Waals surface area contributed by atoms with Gasteiger partial charge >= 0.3 is 0 Å². The van der Waals surface area contributed by atoms with Gasteiger partial charge in [-0.3, -0.25) is 15.1 Å². The Morgan fingerprint density at radius 3 is 2.88 bits per heavy atom. The lowest BCUT2D eigenvalue weighted by Gasteiger charge is -2.02. The zero-order valence-corrected chi connectivity index (χ0v) is 13.6. The van der Waals surface area contributed by atoms with Crippen molar-refractivity contribution in [3.63, 3.8) is 0 Å². The van der Waals surface area contributed by atoms with E-state index in [-0.39, 0.29) is 11.4 Å². The van der Waals surface area contributed by atoms with E-state index in [0.29, 0.717) is 17.7 Å². The third-order valence-corrected chi connectivity index (χ3v) is 4.20. The van der Waals surface area contributed by atoms with Gasteiger partial charge in [-0.1, -0.05) is 18.2 Å². The van der Waals surface area contributed by atoms with Gasteiger partial charge in [0.05, 0.1) is 16.6 Å². The van der Waals surface area contributed by atoms with Gasteiger partial charge in [0.25, 0.3) is 5.69 Å². The van der Waals surface area contributed by atoms with Crippen LogP contribution in [-0.2, 0) is 5.75 Å². The molecule has 0 atom stereocenters. The number of nitriles is 1. The molecule has 0 aliphatic heterocycles. The monoisotopic (exact) mass is 341 g/mol. The van der Waals surface area contributed by atoms with E-state index < -0.39 is 4.92 Å². The fourth-order valence-electron chi connectivity index (χ4n) is 1.98. The quantitative estimate of drug-likeness (QED) is 0.359. The maximum Gasteiger partial charge on any atom is 0.270 e. The van der Waals surface area contributed by atoms with Crippen molar-refractivity contribution >= 4 is 23.7 Å². The number of phenols is 1. The first-order chi connectivity index (χ1) is 11.6. The molecular weight excluding hydrogens is 326 g/mol. The summed E-state index contributed by atoms with van der Waals surface area (Å²) in [5.41, 5.74) is 1.90. The second-order valence-corrected chi connectivity index (χ2v) is 5.96. The van der Waals surface area contributed by atoms with Crippen LogP contribution in [0.5, 0.6) is 5.75 Å². The summed E-state index contributed by atoms with van der Waals surface area (Å²) < 4.78 is 0. The van der Waals surface area contributed by atoms with E-state index in [9.17, 15) is 15.2 Å². The molecule has 0 spiro atoms. The van der Waals surface area contributed by atoms with Crippen LogP contribution in [0.1, 0.15) is 16.7 Å². The molecular formula is C17H15N3O3S. The van der Waals surface area contributed by atoms with E-state index in [2.05, 4.69) is 11.1 Å². The highest BCUT2D eigenvalue weighted by Gasteiger charge is 2.08. The summed E-state index contributed by atoms with van der Waals surface area (Å²) in [6.07, 6.45) is 1.44. The minimum absolute atomic E-state index is 0.0417. The summed E-state index contributed by atoms with van der Waals surface area (Å²) in [6, 6.07) is 13.4. The summed E-state index contributed by atoms with van der Waals surface area (Å²) in [5.74, 6) is 1.42.